The van der Waals surface area contributed by atoms with Crippen molar-refractivity contribution in [1.29, 1.82) is 0 Å². The van der Waals surface area contributed by atoms with E-state index < -0.39 is 11.8 Å². The molecule has 0 bridgehead atoms. The molecule has 2 aromatic heterocycles. The molecular formula is C27H26Cl2N4O2. The first-order chi connectivity index (χ1) is 16.9. The molecule has 8 heteroatoms. The number of H-pyrrole nitrogens is 1. The third kappa shape index (κ3) is 4.27. The molecule has 4 aromatic rings. The Hall–Kier alpha value is -3.06. The van der Waals surface area contributed by atoms with E-state index in [9.17, 15) is 9.59 Å². The van der Waals surface area contributed by atoms with E-state index >= 15 is 0 Å². The zero-order valence-electron chi connectivity index (χ0n) is 19.6. The number of carbonyl (C=O) groups is 2. The van der Waals surface area contributed by atoms with E-state index in [2.05, 4.69) is 33.6 Å². The Labute approximate surface area is 213 Å². The van der Waals surface area contributed by atoms with E-state index in [1.807, 2.05) is 30.5 Å². The van der Waals surface area contributed by atoms with Gasteiger partial charge in [-0.25, -0.2) is 0 Å². The summed E-state index contributed by atoms with van der Waals surface area (Å²) < 4.78 is 2.15. The van der Waals surface area contributed by atoms with Crippen molar-refractivity contribution in [2.75, 3.05) is 19.6 Å². The zero-order chi connectivity index (χ0) is 24.7. The number of aromatic nitrogens is 2. The van der Waals surface area contributed by atoms with Crippen LogP contribution in [0, 0.1) is 0 Å². The maximum absolute atomic E-state index is 13.1. The lowest BCUT2D eigenvalue weighted by Crippen LogP contribution is -2.24. The molecule has 1 aliphatic rings. The molecule has 0 fully saturated rings. The highest BCUT2D eigenvalue weighted by Crippen LogP contribution is 2.39. The van der Waals surface area contributed by atoms with Gasteiger partial charge in [0.05, 0.1) is 11.1 Å². The highest BCUT2D eigenvalue weighted by atomic mass is 35.5. The van der Waals surface area contributed by atoms with Gasteiger partial charge < -0.3 is 14.5 Å². The van der Waals surface area contributed by atoms with Crippen LogP contribution in [0.15, 0.2) is 48.8 Å². The first-order valence-electron chi connectivity index (χ1n) is 11.8. The summed E-state index contributed by atoms with van der Waals surface area (Å²) in [5.41, 5.74) is 3.84. The van der Waals surface area contributed by atoms with Crippen molar-refractivity contribution in [2.24, 2.45) is 0 Å². The third-order valence-electron chi connectivity index (χ3n) is 6.72. The van der Waals surface area contributed by atoms with Crippen LogP contribution in [-0.4, -0.2) is 45.9 Å². The number of halogens is 2. The monoisotopic (exact) mass is 508 g/mol. The van der Waals surface area contributed by atoms with Crippen LogP contribution in [0.5, 0.6) is 0 Å². The second kappa shape index (κ2) is 9.53. The summed E-state index contributed by atoms with van der Waals surface area (Å²) in [7, 11) is 0. The number of amides is 2. The van der Waals surface area contributed by atoms with Crippen LogP contribution in [0.3, 0.4) is 0 Å². The summed E-state index contributed by atoms with van der Waals surface area (Å²) in [5.74, 6) is -0.834. The largest absolute Gasteiger partial charge is 0.361 e. The Morgan fingerprint density at radius 1 is 0.886 bits per heavy atom. The Morgan fingerprint density at radius 3 is 2.26 bits per heavy atom. The van der Waals surface area contributed by atoms with Crippen molar-refractivity contribution in [1.82, 2.24) is 19.8 Å². The number of hydrogen-bond donors (Lipinski definition) is 2. The number of carbonyl (C=O) groups excluding carboxylic acids is 2. The number of fused-ring (bicyclic) bond motifs is 2. The van der Waals surface area contributed by atoms with Crippen LogP contribution in [0.4, 0.5) is 0 Å². The molecule has 2 aromatic carbocycles. The topological polar surface area (TPSA) is 70.1 Å². The average Bonchev–Trinajstić information content (AvgIpc) is 3.49. The number of rotatable bonds is 8. The maximum Gasteiger partial charge on any atom is 0.259 e. The molecule has 6 nitrogen and oxygen atoms in total. The number of hydrogen-bond acceptors (Lipinski definition) is 3. The number of nitrogens with one attached hydrogen (secondary N) is 2. The van der Waals surface area contributed by atoms with Crippen molar-refractivity contribution in [3.05, 3.63) is 70.0 Å². The highest BCUT2D eigenvalue weighted by Gasteiger charge is 2.35. The van der Waals surface area contributed by atoms with E-state index in [1.165, 1.54) is 0 Å². The summed E-state index contributed by atoms with van der Waals surface area (Å²) in [4.78, 5) is 31.8. The minimum atomic E-state index is -0.421. The summed E-state index contributed by atoms with van der Waals surface area (Å²) in [6, 6.07) is 11.1. The number of benzene rings is 2. The lowest BCUT2D eigenvalue weighted by molar-refractivity contribution is -0.122. The molecule has 2 amide bonds. The molecule has 0 spiro atoms. The molecule has 2 N–H and O–H groups in total. The van der Waals surface area contributed by atoms with Crippen molar-refractivity contribution in [2.45, 2.75) is 26.8 Å². The van der Waals surface area contributed by atoms with E-state index in [4.69, 9.17) is 23.2 Å². The Balaban J connectivity index is 1.66. The fraction of sp³-hybridized carbons (Fsp3) is 0.259. The lowest BCUT2D eigenvalue weighted by atomic mass is 9.95. The highest BCUT2D eigenvalue weighted by molar-refractivity contribution is 6.51. The van der Waals surface area contributed by atoms with Gasteiger partial charge in [0.15, 0.2) is 0 Å². The molecule has 0 unspecified atom stereocenters. The van der Waals surface area contributed by atoms with Gasteiger partial charge in [-0.15, -0.1) is 0 Å². The number of nitrogens with zero attached hydrogens (tertiary/aromatic N) is 2. The van der Waals surface area contributed by atoms with Gasteiger partial charge in [0.1, 0.15) is 0 Å². The number of imide groups is 1. The minimum Gasteiger partial charge on any atom is -0.361 e. The maximum atomic E-state index is 13.1. The molecule has 0 saturated carbocycles. The van der Waals surface area contributed by atoms with Crippen LogP contribution in [0.1, 0.15) is 31.4 Å². The quantitative estimate of drug-likeness (QED) is 0.298. The molecule has 0 saturated heterocycles. The van der Waals surface area contributed by atoms with Gasteiger partial charge >= 0.3 is 0 Å². The van der Waals surface area contributed by atoms with Crippen molar-refractivity contribution < 1.29 is 9.59 Å². The van der Waals surface area contributed by atoms with E-state index in [0.29, 0.717) is 32.3 Å². The van der Waals surface area contributed by atoms with Gasteiger partial charge in [-0.05, 0) is 62.5 Å². The Kier molecular flexibility index (Phi) is 6.45. The third-order valence-corrected chi connectivity index (χ3v) is 7.19. The first-order valence-corrected chi connectivity index (χ1v) is 12.5. The van der Waals surface area contributed by atoms with Gasteiger partial charge in [0.25, 0.3) is 11.8 Å². The Bertz CT molecular complexity index is 1490. The van der Waals surface area contributed by atoms with E-state index in [0.717, 1.165) is 54.4 Å². The smallest absolute Gasteiger partial charge is 0.259 e. The standard InChI is InChI=1S/C27H26Cl2N4O2/c1-3-32(4-2)10-5-11-33-15-21(19-13-17(29)7-9-23(19)33)25-24(26(34)31-27(25)35)20-14-30-22-8-6-16(28)12-18(20)22/h6-9,12-15,30H,3-5,10-11H2,1-2H3,(H,31,34,35). The van der Waals surface area contributed by atoms with Crippen LogP contribution >= 0.6 is 23.2 Å². The fourth-order valence-corrected chi connectivity index (χ4v) is 5.27. The summed E-state index contributed by atoms with van der Waals surface area (Å²) in [6.45, 7) is 8.12. The zero-order valence-corrected chi connectivity index (χ0v) is 21.1. The summed E-state index contributed by atoms with van der Waals surface area (Å²) >= 11 is 12.6. The van der Waals surface area contributed by atoms with Gasteiger partial charge in [-0.1, -0.05) is 37.0 Å². The molecule has 5 rings (SSSR count). The van der Waals surface area contributed by atoms with Gasteiger partial charge in [-0.3, -0.25) is 14.9 Å². The molecule has 0 aliphatic carbocycles. The van der Waals surface area contributed by atoms with Crippen LogP contribution < -0.4 is 5.32 Å². The average molecular weight is 509 g/mol. The van der Waals surface area contributed by atoms with E-state index in [-0.39, 0.29) is 0 Å². The van der Waals surface area contributed by atoms with Crippen molar-refractivity contribution >= 4 is 68.0 Å². The van der Waals surface area contributed by atoms with Crippen molar-refractivity contribution in [3.63, 3.8) is 0 Å². The second-order valence-electron chi connectivity index (χ2n) is 8.70. The molecule has 35 heavy (non-hydrogen) atoms. The Morgan fingerprint density at radius 2 is 1.54 bits per heavy atom. The predicted octanol–water partition coefficient (Wildman–Crippen LogP) is 5.73. The minimum absolute atomic E-state index is 0.339. The van der Waals surface area contributed by atoms with Gasteiger partial charge in [-0.2, -0.15) is 0 Å². The molecule has 0 atom stereocenters. The second-order valence-corrected chi connectivity index (χ2v) is 9.58. The van der Waals surface area contributed by atoms with Crippen LogP contribution in [-0.2, 0) is 16.1 Å². The van der Waals surface area contributed by atoms with Crippen LogP contribution in [0.2, 0.25) is 10.0 Å². The molecule has 1 aliphatic heterocycles. The van der Waals surface area contributed by atoms with Gasteiger partial charge in [0, 0.05) is 61.9 Å². The SMILES string of the molecule is CCN(CC)CCCn1cc(C2=C(c3c[nH]c4ccc(Cl)cc34)C(=O)NC2=O)c2cc(Cl)ccc21. The predicted molar refractivity (Wildman–Crippen MR) is 143 cm³/mol. The van der Waals surface area contributed by atoms with E-state index in [1.54, 1.807) is 18.3 Å². The van der Waals surface area contributed by atoms with Gasteiger partial charge in [0.2, 0.25) is 0 Å². The lowest BCUT2D eigenvalue weighted by Gasteiger charge is -2.18. The fourth-order valence-electron chi connectivity index (χ4n) is 4.93. The molecule has 180 valence electrons. The molecule has 0 radical (unpaired) electrons. The summed E-state index contributed by atoms with van der Waals surface area (Å²) in [6.07, 6.45) is 4.69. The van der Waals surface area contributed by atoms with Crippen LogP contribution in [0.25, 0.3) is 33.0 Å². The normalized spacial score (nSPS) is 14.2. The first kappa shape index (κ1) is 23.7. The van der Waals surface area contributed by atoms with Crippen molar-refractivity contribution in [3.8, 4) is 0 Å². The number of aromatic amines is 1. The number of aryl methyl sites for hydroxylation is 1. The molecule has 3 heterocycles. The molecular weight excluding hydrogens is 483 g/mol. The summed E-state index contributed by atoms with van der Waals surface area (Å²) in [5, 5.41) is 5.26.